The van der Waals surface area contributed by atoms with E-state index >= 15 is 0 Å². The first kappa shape index (κ1) is 15.9. The molecule has 0 bridgehead atoms. The number of hydrogen-bond acceptors (Lipinski definition) is 6. The van der Waals surface area contributed by atoms with Gasteiger partial charge in [-0.05, 0) is 18.2 Å². The Morgan fingerprint density at radius 1 is 1.43 bits per heavy atom. The Balaban J connectivity index is 1.76. The number of carboxylic acid groups (broad SMARTS) is 1. The summed E-state index contributed by atoms with van der Waals surface area (Å²) in [5.74, 6) is -0.591. The van der Waals surface area contributed by atoms with Crippen LogP contribution in [0, 0.1) is 0 Å². The van der Waals surface area contributed by atoms with Crippen molar-refractivity contribution in [2.24, 2.45) is 0 Å². The zero-order valence-electron chi connectivity index (χ0n) is 10.8. The molecule has 0 fully saturated rings. The lowest BCUT2D eigenvalue weighted by Gasteiger charge is -2.08. The number of ether oxygens (including phenoxy) is 1. The van der Waals surface area contributed by atoms with Crippen LogP contribution in [0.15, 0.2) is 23.6 Å². The van der Waals surface area contributed by atoms with Gasteiger partial charge in [0.15, 0.2) is 5.13 Å². The normalized spacial score (nSPS) is 10.4. The van der Waals surface area contributed by atoms with Crippen molar-refractivity contribution in [3.05, 3.63) is 39.3 Å². The Morgan fingerprint density at radius 2 is 2.24 bits per heavy atom. The smallest absolute Gasteiger partial charge is 0.182 e. The first-order valence-electron chi connectivity index (χ1n) is 6.00. The molecular weight excluding hydrogens is 335 g/mol. The van der Waals surface area contributed by atoms with E-state index in [1.807, 2.05) is 0 Å². The third kappa shape index (κ3) is 5.08. The molecule has 0 aliphatic rings. The fraction of sp³-hybridized carbons (Fsp3) is 0.231. The summed E-state index contributed by atoms with van der Waals surface area (Å²) >= 11 is 13.1. The van der Waals surface area contributed by atoms with Crippen LogP contribution in [0.1, 0.15) is 5.69 Å². The summed E-state index contributed by atoms with van der Waals surface area (Å²) in [4.78, 5) is 14.6. The highest BCUT2D eigenvalue weighted by atomic mass is 35.5. The van der Waals surface area contributed by atoms with Gasteiger partial charge >= 0.3 is 0 Å². The third-order valence-corrected chi connectivity index (χ3v) is 3.79. The van der Waals surface area contributed by atoms with Gasteiger partial charge in [-0.2, -0.15) is 0 Å². The van der Waals surface area contributed by atoms with Crippen LogP contribution < -0.4 is 15.2 Å². The summed E-state index contributed by atoms with van der Waals surface area (Å²) in [6.45, 7) is 0.897. The van der Waals surface area contributed by atoms with Crippen LogP contribution in [0.3, 0.4) is 0 Å². The fourth-order valence-electron chi connectivity index (χ4n) is 1.53. The molecule has 2 aromatic rings. The Kier molecular flexibility index (Phi) is 5.67. The van der Waals surface area contributed by atoms with E-state index in [0.29, 0.717) is 39.8 Å². The van der Waals surface area contributed by atoms with Crippen LogP contribution in [0.4, 0.5) is 5.13 Å². The second kappa shape index (κ2) is 7.49. The SMILES string of the molecule is O=C([O-])Cc1csc(NCCOc2ccc(Cl)cc2Cl)n1. The predicted octanol–water partition coefficient (Wildman–Crippen LogP) is 2.23. The first-order valence-corrected chi connectivity index (χ1v) is 7.64. The average molecular weight is 346 g/mol. The number of thiazole rings is 1. The molecule has 0 atom stereocenters. The minimum Gasteiger partial charge on any atom is -0.550 e. The number of carbonyl (C=O) groups is 1. The highest BCUT2D eigenvalue weighted by Crippen LogP contribution is 2.27. The quantitative estimate of drug-likeness (QED) is 0.779. The number of benzene rings is 1. The second-order valence-corrected chi connectivity index (χ2v) is 5.74. The number of carboxylic acids is 1. The van der Waals surface area contributed by atoms with Crippen molar-refractivity contribution in [1.82, 2.24) is 4.98 Å². The summed E-state index contributed by atoms with van der Waals surface area (Å²) in [5.41, 5.74) is 0.476. The van der Waals surface area contributed by atoms with Crippen molar-refractivity contribution in [3.63, 3.8) is 0 Å². The summed E-state index contributed by atoms with van der Waals surface area (Å²) in [5, 5.41) is 16.8. The van der Waals surface area contributed by atoms with E-state index in [9.17, 15) is 9.90 Å². The van der Waals surface area contributed by atoms with Gasteiger partial charge in [0, 0.05) is 22.8 Å². The van der Waals surface area contributed by atoms with Gasteiger partial charge in [-0.1, -0.05) is 23.2 Å². The lowest BCUT2D eigenvalue weighted by molar-refractivity contribution is -0.304. The van der Waals surface area contributed by atoms with E-state index in [2.05, 4.69) is 10.3 Å². The Hall–Kier alpha value is -1.50. The fourth-order valence-corrected chi connectivity index (χ4v) is 2.73. The van der Waals surface area contributed by atoms with Gasteiger partial charge in [0.25, 0.3) is 0 Å². The molecule has 0 unspecified atom stereocenters. The molecular formula is C13H11Cl2N2O3S-. The molecule has 1 heterocycles. The maximum absolute atomic E-state index is 10.4. The maximum atomic E-state index is 10.4. The number of halogens is 2. The van der Waals surface area contributed by atoms with Crippen molar-refractivity contribution in [2.75, 3.05) is 18.5 Å². The number of aromatic nitrogens is 1. The van der Waals surface area contributed by atoms with Crippen molar-refractivity contribution < 1.29 is 14.6 Å². The monoisotopic (exact) mass is 345 g/mol. The van der Waals surface area contributed by atoms with Crippen LogP contribution in [-0.4, -0.2) is 24.1 Å². The summed E-state index contributed by atoms with van der Waals surface area (Å²) in [7, 11) is 0. The molecule has 21 heavy (non-hydrogen) atoms. The molecule has 1 N–H and O–H groups in total. The number of rotatable bonds is 7. The number of anilines is 1. The summed E-state index contributed by atoms with van der Waals surface area (Å²) in [6, 6.07) is 5.01. The van der Waals surface area contributed by atoms with Crippen LogP contribution in [0.25, 0.3) is 0 Å². The number of nitrogens with one attached hydrogen (secondary N) is 1. The van der Waals surface area contributed by atoms with Crippen molar-refractivity contribution in [2.45, 2.75) is 6.42 Å². The molecule has 0 aliphatic carbocycles. The van der Waals surface area contributed by atoms with E-state index < -0.39 is 5.97 Å². The third-order valence-electron chi connectivity index (χ3n) is 2.41. The zero-order valence-corrected chi connectivity index (χ0v) is 13.1. The lowest BCUT2D eigenvalue weighted by atomic mass is 10.3. The number of nitrogens with zero attached hydrogens (tertiary/aromatic N) is 1. The van der Waals surface area contributed by atoms with E-state index in [-0.39, 0.29) is 6.42 Å². The van der Waals surface area contributed by atoms with E-state index in [0.717, 1.165) is 0 Å². The topological polar surface area (TPSA) is 74.3 Å². The Labute approximate surface area is 135 Å². The van der Waals surface area contributed by atoms with Gasteiger partial charge in [0.05, 0.1) is 17.3 Å². The van der Waals surface area contributed by atoms with Crippen molar-refractivity contribution >= 4 is 45.6 Å². The molecule has 0 saturated heterocycles. The highest BCUT2D eigenvalue weighted by Gasteiger charge is 2.04. The minimum atomic E-state index is -1.15. The predicted molar refractivity (Wildman–Crippen MR) is 81.3 cm³/mol. The summed E-state index contributed by atoms with van der Waals surface area (Å²) < 4.78 is 5.50. The minimum absolute atomic E-state index is 0.185. The molecule has 8 heteroatoms. The Morgan fingerprint density at radius 3 is 2.95 bits per heavy atom. The molecule has 0 spiro atoms. The lowest BCUT2D eigenvalue weighted by Crippen LogP contribution is -2.24. The molecule has 0 saturated carbocycles. The average Bonchev–Trinajstić information content (AvgIpc) is 2.83. The van der Waals surface area contributed by atoms with Gasteiger partial charge in [-0.3, -0.25) is 0 Å². The Bertz CT molecular complexity index is 634. The molecule has 0 radical (unpaired) electrons. The standard InChI is InChI=1S/C13H12Cl2N2O3S/c14-8-1-2-11(10(15)5-8)20-4-3-16-13-17-9(7-21-13)6-12(18)19/h1-2,5,7H,3-4,6H2,(H,16,17)(H,18,19)/p-1. The summed E-state index contributed by atoms with van der Waals surface area (Å²) in [6.07, 6.45) is -0.185. The van der Waals surface area contributed by atoms with Gasteiger partial charge in [0.2, 0.25) is 0 Å². The van der Waals surface area contributed by atoms with E-state index in [1.165, 1.54) is 11.3 Å². The first-order chi connectivity index (χ1) is 10.0. The maximum Gasteiger partial charge on any atom is 0.182 e. The largest absolute Gasteiger partial charge is 0.550 e. The molecule has 0 amide bonds. The molecule has 0 aliphatic heterocycles. The van der Waals surface area contributed by atoms with Crippen molar-refractivity contribution in [3.8, 4) is 5.75 Å². The molecule has 5 nitrogen and oxygen atoms in total. The van der Waals surface area contributed by atoms with Crippen LogP contribution >= 0.6 is 34.5 Å². The molecule has 112 valence electrons. The number of aliphatic carboxylic acids is 1. The van der Waals surface area contributed by atoms with E-state index in [4.69, 9.17) is 27.9 Å². The molecule has 2 rings (SSSR count). The van der Waals surface area contributed by atoms with Crippen LogP contribution in [0.5, 0.6) is 5.75 Å². The van der Waals surface area contributed by atoms with Crippen LogP contribution in [0.2, 0.25) is 10.0 Å². The van der Waals surface area contributed by atoms with Crippen molar-refractivity contribution in [1.29, 1.82) is 0 Å². The van der Waals surface area contributed by atoms with Gasteiger partial charge in [-0.25, -0.2) is 4.98 Å². The highest BCUT2D eigenvalue weighted by molar-refractivity contribution is 7.13. The van der Waals surface area contributed by atoms with E-state index in [1.54, 1.807) is 23.6 Å². The second-order valence-electron chi connectivity index (χ2n) is 4.04. The number of hydrogen-bond donors (Lipinski definition) is 1. The number of carbonyl (C=O) groups excluding carboxylic acids is 1. The van der Waals surface area contributed by atoms with Gasteiger partial charge in [-0.15, -0.1) is 11.3 Å². The molecule has 1 aromatic heterocycles. The zero-order chi connectivity index (χ0) is 15.2. The van der Waals surface area contributed by atoms with Crippen LogP contribution in [-0.2, 0) is 11.2 Å². The van der Waals surface area contributed by atoms with Gasteiger partial charge < -0.3 is 20.0 Å². The molecule has 1 aromatic carbocycles. The van der Waals surface area contributed by atoms with Gasteiger partial charge in [0.1, 0.15) is 12.4 Å².